The van der Waals surface area contributed by atoms with Crippen LogP contribution < -0.4 is 10.6 Å². The van der Waals surface area contributed by atoms with Gasteiger partial charge in [-0.2, -0.15) is 5.10 Å². The predicted molar refractivity (Wildman–Crippen MR) is 98.4 cm³/mol. The second kappa shape index (κ2) is 8.86. The first-order valence-corrected chi connectivity index (χ1v) is 9.43. The summed E-state index contributed by atoms with van der Waals surface area (Å²) in [6.45, 7) is 9.27. The van der Waals surface area contributed by atoms with Crippen LogP contribution in [0, 0.1) is 0 Å². The Labute approximate surface area is 147 Å². The Morgan fingerprint density at radius 3 is 2.79 bits per heavy atom. The van der Waals surface area contributed by atoms with Gasteiger partial charge in [-0.3, -0.25) is 4.79 Å². The van der Waals surface area contributed by atoms with Crippen molar-refractivity contribution in [1.82, 2.24) is 25.1 Å². The van der Waals surface area contributed by atoms with Gasteiger partial charge in [0.1, 0.15) is 5.82 Å². The Balaban J connectivity index is 2.27. The van der Waals surface area contributed by atoms with E-state index in [4.69, 9.17) is 0 Å². The molecule has 2 aromatic rings. The summed E-state index contributed by atoms with van der Waals surface area (Å²) in [5.41, 5.74) is 0.803. The molecule has 8 heteroatoms. The molecule has 0 aliphatic rings. The topological polar surface area (TPSA) is 84.7 Å². The van der Waals surface area contributed by atoms with E-state index in [0.29, 0.717) is 19.5 Å². The Morgan fingerprint density at radius 1 is 1.33 bits per heavy atom. The van der Waals surface area contributed by atoms with Crippen LogP contribution in [0.5, 0.6) is 0 Å². The quantitative estimate of drug-likeness (QED) is 0.534. The Morgan fingerprint density at radius 2 is 2.12 bits per heavy atom. The van der Waals surface area contributed by atoms with Crippen molar-refractivity contribution >= 4 is 34.5 Å². The van der Waals surface area contributed by atoms with E-state index in [9.17, 15) is 4.79 Å². The number of carbonyl (C=O) groups excluding carboxylic acids is 1. The summed E-state index contributed by atoms with van der Waals surface area (Å²) in [6.07, 6.45) is 3.35. The van der Waals surface area contributed by atoms with Crippen molar-refractivity contribution in [1.29, 1.82) is 0 Å². The molecule has 0 aliphatic carbocycles. The number of hydrogen-bond donors (Lipinski definition) is 2. The molecule has 0 unspecified atom stereocenters. The van der Waals surface area contributed by atoms with Crippen LogP contribution in [-0.4, -0.2) is 44.0 Å². The highest BCUT2D eigenvalue weighted by Crippen LogP contribution is 2.25. The summed E-state index contributed by atoms with van der Waals surface area (Å²) in [5, 5.41) is 12.3. The minimum atomic E-state index is 0.0439. The zero-order valence-electron chi connectivity index (χ0n) is 14.8. The average molecular weight is 350 g/mol. The van der Waals surface area contributed by atoms with Crippen molar-refractivity contribution < 1.29 is 4.79 Å². The SMILES string of the molecule is CCCSc1nc(NC(C)C)c2cnn(CCNC(=O)CC)c2n1. The highest BCUT2D eigenvalue weighted by molar-refractivity contribution is 7.99. The molecule has 0 aliphatic heterocycles. The molecule has 0 bridgehead atoms. The molecule has 2 rings (SSSR count). The van der Waals surface area contributed by atoms with Crippen LogP contribution in [0.1, 0.15) is 40.5 Å². The van der Waals surface area contributed by atoms with E-state index < -0.39 is 0 Å². The fourth-order valence-corrected chi connectivity index (χ4v) is 2.86. The zero-order valence-corrected chi connectivity index (χ0v) is 15.6. The van der Waals surface area contributed by atoms with Gasteiger partial charge in [0.2, 0.25) is 5.91 Å². The third-order valence-electron chi connectivity index (χ3n) is 3.30. The van der Waals surface area contributed by atoms with Gasteiger partial charge >= 0.3 is 0 Å². The van der Waals surface area contributed by atoms with Gasteiger partial charge < -0.3 is 10.6 Å². The number of amides is 1. The summed E-state index contributed by atoms with van der Waals surface area (Å²) in [5.74, 6) is 1.84. The third kappa shape index (κ3) is 4.83. The molecule has 2 N–H and O–H groups in total. The molecule has 24 heavy (non-hydrogen) atoms. The van der Waals surface area contributed by atoms with E-state index in [1.54, 1.807) is 18.0 Å². The Kier molecular flexibility index (Phi) is 6.84. The van der Waals surface area contributed by atoms with Crippen molar-refractivity contribution in [2.24, 2.45) is 0 Å². The number of carbonyl (C=O) groups is 1. The number of hydrogen-bond acceptors (Lipinski definition) is 6. The van der Waals surface area contributed by atoms with Crippen LogP contribution >= 0.6 is 11.8 Å². The van der Waals surface area contributed by atoms with E-state index in [2.05, 4.69) is 46.5 Å². The summed E-state index contributed by atoms with van der Waals surface area (Å²) in [4.78, 5) is 20.7. The summed E-state index contributed by atoms with van der Waals surface area (Å²) in [7, 11) is 0. The number of nitrogens with one attached hydrogen (secondary N) is 2. The molecule has 0 atom stereocenters. The molecule has 1 amide bonds. The van der Waals surface area contributed by atoms with Crippen LogP contribution in [0.15, 0.2) is 11.4 Å². The van der Waals surface area contributed by atoms with E-state index >= 15 is 0 Å². The average Bonchev–Trinajstić information content (AvgIpc) is 2.95. The standard InChI is InChI=1S/C16H26N6OS/c1-5-9-24-16-20-14(19-11(3)4)12-10-18-22(15(12)21-16)8-7-17-13(23)6-2/h10-11H,5-9H2,1-4H3,(H,17,23)(H,19,20,21). The molecule has 0 fully saturated rings. The number of fused-ring (bicyclic) bond motifs is 1. The van der Waals surface area contributed by atoms with Gasteiger partial charge in [0.05, 0.1) is 18.1 Å². The van der Waals surface area contributed by atoms with Crippen molar-refractivity contribution in [2.45, 2.75) is 58.3 Å². The van der Waals surface area contributed by atoms with E-state index in [-0.39, 0.29) is 11.9 Å². The van der Waals surface area contributed by atoms with Crippen LogP contribution in [0.2, 0.25) is 0 Å². The molecular formula is C16H26N6OS. The third-order valence-corrected chi connectivity index (χ3v) is 4.36. The molecule has 0 saturated heterocycles. The monoisotopic (exact) mass is 350 g/mol. The second-order valence-electron chi connectivity index (χ2n) is 5.81. The highest BCUT2D eigenvalue weighted by Gasteiger charge is 2.14. The lowest BCUT2D eigenvalue weighted by atomic mass is 10.3. The van der Waals surface area contributed by atoms with Gasteiger partial charge in [-0.1, -0.05) is 25.6 Å². The lowest BCUT2D eigenvalue weighted by Crippen LogP contribution is -2.26. The molecule has 132 valence electrons. The summed E-state index contributed by atoms with van der Waals surface area (Å²) < 4.78 is 1.83. The molecule has 0 aromatic carbocycles. The number of anilines is 1. The van der Waals surface area contributed by atoms with Crippen molar-refractivity contribution in [3.63, 3.8) is 0 Å². The van der Waals surface area contributed by atoms with Crippen LogP contribution in [0.25, 0.3) is 11.0 Å². The van der Waals surface area contributed by atoms with Gasteiger partial charge in [0.15, 0.2) is 10.8 Å². The maximum Gasteiger partial charge on any atom is 0.219 e. The zero-order chi connectivity index (χ0) is 17.5. The van der Waals surface area contributed by atoms with Crippen LogP contribution in [0.4, 0.5) is 5.82 Å². The number of rotatable bonds is 9. The first kappa shape index (κ1) is 18.5. The first-order chi connectivity index (χ1) is 11.5. The number of aromatic nitrogens is 4. The number of nitrogens with zero attached hydrogens (tertiary/aromatic N) is 4. The predicted octanol–water partition coefficient (Wildman–Crippen LogP) is 2.67. The minimum Gasteiger partial charge on any atom is -0.367 e. The van der Waals surface area contributed by atoms with Crippen LogP contribution in [-0.2, 0) is 11.3 Å². The van der Waals surface area contributed by atoms with Gasteiger partial charge in [-0.05, 0) is 20.3 Å². The maximum atomic E-state index is 11.4. The van der Waals surface area contributed by atoms with Gasteiger partial charge in [-0.15, -0.1) is 0 Å². The molecule has 2 heterocycles. The van der Waals surface area contributed by atoms with Crippen LogP contribution in [0.3, 0.4) is 0 Å². The Hall–Kier alpha value is -1.83. The van der Waals surface area contributed by atoms with Gasteiger partial charge in [0.25, 0.3) is 0 Å². The molecule has 0 radical (unpaired) electrons. The largest absolute Gasteiger partial charge is 0.367 e. The van der Waals surface area contributed by atoms with Gasteiger partial charge in [-0.25, -0.2) is 14.6 Å². The fourth-order valence-electron chi connectivity index (χ4n) is 2.17. The van der Waals surface area contributed by atoms with E-state index in [1.165, 1.54) is 0 Å². The normalized spacial score (nSPS) is 11.2. The molecule has 7 nitrogen and oxygen atoms in total. The summed E-state index contributed by atoms with van der Waals surface area (Å²) >= 11 is 1.65. The number of thioether (sulfide) groups is 1. The van der Waals surface area contributed by atoms with E-state index in [0.717, 1.165) is 34.2 Å². The molecule has 2 aromatic heterocycles. The van der Waals surface area contributed by atoms with Crippen molar-refractivity contribution in [3.8, 4) is 0 Å². The smallest absolute Gasteiger partial charge is 0.219 e. The first-order valence-electron chi connectivity index (χ1n) is 8.44. The molecule has 0 spiro atoms. The second-order valence-corrected chi connectivity index (χ2v) is 6.87. The highest BCUT2D eigenvalue weighted by atomic mass is 32.2. The van der Waals surface area contributed by atoms with Crippen molar-refractivity contribution in [2.75, 3.05) is 17.6 Å². The lowest BCUT2D eigenvalue weighted by Gasteiger charge is -2.12. The molecular weight excluding hydrogens is 324 g/mol. The van der Waals surface area contributed by atoms with Crippen molar-refractivity contribution in [3.05, 3.63) is 6.20 Å². The Bertz CT molecular complexity index is 685. The summed E-state index contributed by atoms with van der Waals surface area (Å²) in [6, 6.07) is 0.277. The minimum absolute atomic E-state index is 0.0439. The lowest BCUT2D eigenvalue weighted by molar-refractivity contribution is -0.120. The van der Waals surface area contributed by atoms with Gasteiger partial charge in [0, 0.05) is 24.8 Å². The molecule has 0 saturated carbocycles. The van der Waals surface area contributed by atoms with E-state index in [1.807, 2.05) is 11.6 Å². The fraction of sp³-hybridized carbons (Fsp3) is 0.625. The maximum absolute atomic E-state index is 11.4.